The fourth-order valence-corrected chi connectivity index (χ4v) is 3.79. The van der Waals surface area contributed by atoms with Crippen molar-refractivity contribution in [3.8, 4) is 0 Å². The molecule has 1 aliphatic rings. The number of rotatable bonds is 6. The lowest BCUT2D eigenvalue weighted by atomic mass is 10.0. The molecule has 2 amide bonds. The number of halogens is 2. The molecule has 1 aromatic carbocycles. The first kappa shape index (κ1) is 22.5. The molecule has 30 heavy (non-hydrogen) atoms. The van der Waals surface area contributed by atoms with E-state index in [0.717, 1.165) is 5.56 Å². The number of carbonyl (C=O) groups excluding carboxylic acids is 2. The third-order valence-electron chi connectivity index (χ3n) is 4.99. The first-order valence-electron chi connectivity index (χ1n) is 9.82. The largest absolute Gasteiger partial charge is 0.450 e. The predicted octanol–water partition coefficient (Wildman–Crippen LogP) is 4.18. The Balaban J connectivity index is 1.72. The Kier molecular flexibility index (Phi) is 7.64. The zero-order valence-electron chi connectivity index (χ0n) is 16.9. The highest BCUT2D eigenvalue weighted by atomic mass is 35.5. The number of hydrogen-bond donors (Lipinski definition) is 2. The van der Waals surface area contributed by atoms with Crippen molar-refractivity contribution in [1.82, 2.24) is 15.2 Å². The van der Waals surface area contributed by atoms with Gasteiger partial charge in [0.25, 0.3) is 5.91 Å². The number of likely N-dealkylation sites (tertiary alicyclic amines) is 1. The van der Waals surface area contributed by atoms with Crippen LogP contribution in [-0.4, -0.2) is 53.7 Å². The Labute approximate surface area is 185 Å². The van der Waals surface area contributed by atoms with Crippen molar-refractivity contribution in [2.45, 2.75) is 39.0 Å². The van der Waals surface area contributed by atoms with Crippen molar-refractivity contribution in [1.29, 1.82) is 0 Å². The summed E-state index contributed by atoms with van der Waals surface area (Å²) in [7, 11) is 0. The number of nitrogens with one attached hydrogen (secondary N) is 2. The molecule has 3 rings (SSSR count). The summed E-state index contributed by atoms with van der Waals surface area (Å²) in [5.41, 5.74) is 1.85. The molecule has 0 bridgehead atoms. The molecular weight excluding hydrogens is 429 g/mol. The molecule has 0 saturated carbocycles. The maximum absolute atomic E-state index is 12.8. The van der Waals surface area contributed by atoms with Crippen LogP contribution in [0.4, 0.5) is 4.79 Å². The van der Waals surface area contributed by atoms with Crippen LogP contribution in [-0.2, 0) is 16.1 Å². The van der Waals surface area contributed by atoms with E-state index >= 15 is 0 Å². The third kappa shape index (κ3) is 5.28. The number of H-pyrrole nitrogens is 1. The van der Waals surface area contributed by atoms with E-state index in [-0.39, 0.29) is 28.8 Å². The van der Waals surface area contributed by atoms with Crippen LogP contribution in [0, 0.1) is 6.92 Å². The van der Waals surface area contributed by atoms with Gasteiger partial charge >= 0.3 is 6.09 Å². The van der Waals surface area contributed by atoms with Crippen LogP contribution in [0.3, 0.4) is 0 Å². The molecule has 2 N–H and O–H groups in total. The van der Waals surface area contributed by atoms with E-state index in [9.17, 15) is 9.59 Å². The van der Waals surface area contributed by atoms with Crippen LogP contribution in [0.15, 0.2) is 30.3 Å². The van der Waals surface area contributed by atoms with Gasteiger partial charge < -0.3 is 24.7 Å². The van der Waals surface area contributed by atoms with E-state index in [2.05, 4.69) is 10.3 Å². The quantitative estimate of drug-likeness (QED) is 0.686. The smallest absolute Gasteiger partial charge is 0.409 e. The number of ether oxygens (including phenoxy) is 2. The summed E-state index contributed by atoms with van der Waals surface area (Å²) in [6.45, 7) is 4.94. The zero-order chi connectivity index (χ0) is 21.7. The molecule has 0 spiro atoms. The van der Waals surface area contributed by atoms with Gasteiger partial charge in [-0.3, -0.25) is 4.79 Å². The van der Waals surface area contributed by atoms with E-state index in [0.29, 0.717) is 43.4 Å². The summed E-state index contributed by atoms with van der Waals surface area (Å²) in [5, 5.41) is 3.50. The van der Waals surface area contributed by atoms with Gasteiger partial charge in [-0.2, -0.15) is 0 Å². The van der Waals surface area contributed by atoms with Crippen molar-refractivity contribution in [2.24, 2.45) is 0 Å². The Morgan fingerprint density at radius 1 is 1.23 bits per heavy atom. The average Bonchev–Trinajstić information content (AvgIpc) is 3.01. The van der Waals surface area contributed by atoms with Crippen molar-refractivity contribution in [2.75, 3.05) is 19.7 Å². The Hall–Kier alpha value is -2.22. The highest BCUT2D eigenvalue weighted by Crippen LogP contribution is 2.29. The summed E-state index contributed by atoms with van der Waals surface area (Å²) >= 11 is 12.3. The molecule has 9 heteroatoms. The van der Waals surface area contributed by atoms with Crippen LogP contribution in [0.1, 0.15) is 35.1 Å². The topological polar surface area (TPSA) is 83.7 Å². The minimum atomic E-state index is -0.405. The van der Waals surface area contributed by atoms with Crippen LogP contribution in [0.25, 0.3) is 0 Å². The van der Waals surface area contributed by atoms with E-state index in [4.69, 9.17) is 32.7 Å². The molecule has 2 heterocycles. The number of aromatic amines is 1. The molecule has 1 aromatic heterocycles. The molecular formula is C21H25Cl2N3O4. The van der Waals surface area contributed by atoms with Crippen molar-refractivity contribution in [3.05, 3.63) is 57.3 Å². The number of aromatic nitrogens is 1. The number of aryl methyl sites for hydroxylation is 1. The monoisotopic (exact) mass is 453 g/mol. The van der Waals surface area contributed by atoms with Gasteiger partial charge in [0.2, 0.25) is 0 Å². The summed E-state index contributed by atoms with van der Waals surface area (Å²) in [6.07, 6.45) is -0.266. The number of hydrogen-bond acceptors (Lipinski definition) is 4. The second kappa shape index (κ2) is 10.2. The van der Waals surface area contributed by atoms with Gasteiger partial charge in [0, 0.05) is 12.2 Å². The Bertz CT molecular complexity index is 888. The molecule has 2 aromatic rings. The highest BCUT2D eigenvalue weighted by Gasteiger charge is 2.34. The maximum atomic E-state index is 12.8. The van der Waals surface area contributed by atoms with Crippen molar-refractivity contribution in [3.63, 3.8) is 0 Å². The average molecular weight is 454 g/mol. The lowest BCUT2D eigenvalue weighted by molar-refractivity contribution is -0.0282. The minimum Gasteiger partial charge on any atom is -0.450 e. The van der Waals surface area contributed by atoms with Crippen LogP contribution in [0.5, 0.6) is 0 Å². The molecule has 0 radical (unpaired) electrons. The van der Waals surface area contributed by atoms with Gasteiger partial charge in [-0.05, 0) is 25.8 Å². The van der Waals surface area contributed by atoms with E-state index in [1.54, 1.807) is 18.7 Å². The van der Waals surface area contributed by atoms with Gasteiger partial charge in [-0.25, -0.2) is 4.79 Å². The minimum absolute atomic E-state index is 0.192. The van der Waals surface area contributed by atoms with Crippen molar-refractivity contribution >= 4 is 35.2 Å². The van der Waals surface area contributed by atoms with Gasteiger partial charge in [-0.15, -0.1) is 0 Å². The maximum Gasteiger partial charge on any atom is 0.409 e. The summed E-state index contributed by atoms with van der Waals surface area (Å²) in [6, 6.07) is 9.42. The molecule has 2 atom stereocenters. The lowest BCUT2D eigenvalue weighted by Crippen LogP contribution is -2.56. The van der Waals surface area contributed by atoms with Crippen molar-refractivity contribution < 1.29 is 19.1 Å². The molecule has 1 saturated heterocycles. The fourth-order valence-electron chi connectivity index (χ4n) is 3.38. The molecule has 1 aliphatic heterocycles. The first-order valence-corrected chi connectivity index (χ1v) is 10.6. The number of amides is 2. The van der Waals surface area contributed by atoms with Crippen LogP contribution in [0.2, 0.25) is 10.0 Å². The fraction of sp³-hybridized carbons (Fsp3) is 0.429. The van der Waals surface area contributed by atoms with Gasteiger partial charge in [0.1, 0.15) is 5.69 Å². The van der Waals surface area contributed by atoms with Crippen LogP contribution < -0.4 is 5.32 Å². The lowest BCUT2D eigenvalue weighted by Gasteiger charge is -2.38. The second-order valence-electron chi connectivity index (χ2n) is 7.10. The summed E-state index contributed by atoms with van der Waals surface area (Å²) in [5.74, 6) is -0.363. The first-order chi connectivity index (χ1) is 14.4. The van der Waals surface area contributed by atoms with E-state index in [1.165, 1.54) is 0 Å². The second-order valence-corrected chi connectivity index (χ2v) is 7.86. The number of piperidine rings is 1. The molecule has 162 valence electrons. The van der Waals surface area contributed by atoms with E-state index < -0.39 is 6.10 Å². The van der Waals surface area contributed by atoms with Gasteiger partial charge in [-0.1, -0.05) is 53.5 Å². The van der Waals surface area contributed by atoms with Gasteiger partial charge in [0.05, 0.1) is 41.9 Å². The predicted molar refractivity (Wildman–Crippen MR) is 115 cm³/mol. The highest BCUT2D eigenvalue weighted by molar-refractivity contribution is 6.44. The molecule has 7 nitrogen and oxygen atoms in total. The number of nitrogens with zero attached hydrogens (tertiary/aromatic N) is 1. The van der Waals surface area contributed by atoms with E-state index in [1.807, 2.05) is 30.3 Å². The normalized spacial score (nSPS) is 18.9. The molecule has 0 aliphatic carbocycles. The SMILES string of the molecule is CCOC(=O)N1CC[C@@H](NC(=O)c2[nH]c(C)c(Cl)c2Cl)[C@@H](OCc2ccccc2)C1. The number of carbonyl (C=O) groups is 2. The standard InChI is InChI=1S/C21H25Cl2N3O4/c1-3-29-21(28)26-10-9-15(16(11-26)30-12-14-7-5-4-6-8-14)25-20(27)19-18(23)17(22)13(2)24-19/h4-8,15-16,24H,3,9-12H2,1-2H3,(H,25,27)/t15-,16+/m1/s1. The summed E-state index contributed by atoms with van der Waals surface area (Å²) in [4.78, 5) is 29.5. The Morgan fingerprint density at radius 2 is 1.97 bits per heavy atom. The zero-order valence-corrected chi connectivity index (χ0v) is 18.4. The molecule has 1 fully saturated rings. The number of benzene rings is 1. The third-order valence-corrected chi connectivity index (χ3v) is 5.94. The van der Waals surface area contributed by atoms with Crippen LogP contribution >= 0.6 is 23.2 Å². The van der Waals surface area contributed by atoms with Gasteiger partial charge in [0.15, 0.2) is 0 Å². The summed E-state index contributed by atoms with van der Waals surface area (Å²) < 4.78 is 11.2. The molecule has 0 unspecified atom stereocenters. The Morgan fingerprint density at radius 3 is 2.60 bits per heavy atom.